The monoisotopic (exact) mass is 271 g/mol. The van der Waals surface area contributed by atoms with Crippen LogP contribution in [0.4, 0.5) is 15.8 Å². The van der Waals surface area contributed by atoms with Crippen LogP contribution < -0.4 is 10.6 Å². The summed E-state index contributed by atoms with van der Waals surface area (Å²) in [6, 6.07) is 10.0. The maximum Gasteiger partial charge on any atom is 0.274 e. The van der Waals surface area contributed by atoms with E-state index in [0.29, 0.717) is 6.04 Å². The van der Waals surface area contributed by atoms with E-state index < -0.39 is 11.7 Å². The summed E-state index contributed by atoms with van der Waals surface area (Å²) < 4.78 is 13.4. The van der Waals surface area contributed by atoms with Gasteiger partial charge in [0.05, 0.1) is 17.6 Å². The number of nitrogens with one attached hydrogen (secondary N) is 2. The Morgan fingerprint density at radius 1 is 1.20 bits per heavy atom. The number of benzene rings is 1. The van der Waals surface area contributed by atoms with Crippen LogP contribution in [0.2, 0.25) is 0 Å². The summed E-state index contributed by atoms with van der Waals surface area (Å²) in [6.07, 6.45) is 3.97. The number of carbonyl (C=O) groups excluding carboxylic acids is 1. The van der Waals surface area contributed by atoms with Crippen molar-refractivity contribution in [3.63, 3.8) is 0 Å². The van der Waals surface area contributed by atoms with Crippen LogP contribution in [-0.4, -0.2) is 16.9 Å². The molecule has 0 aliphatic heterocycles. The zero-order chi connectivity index (χ0) is 13.9. The molecule has 3 rings (SSSR count). The van der Waals surface area contributed by atoms with Gasteiger partial charge >= 0.3 is 0 Å². The summed E-state index contributed by atoms with van der Waals surface area (Å²) in [6.45, 7) is 0. The Labute approximate surface area is 116 Å². The fourth-order valence-corrected chi connectivity index (χ4v) is 1.83. The van der Waals surface area contributed by atoms with E-state index in [1.54, 1.807) is 24.4 Å². The van der Waals surface area contributed by atoms with E-state index in [2.05, 4.69) is 15.6 Å². The van der Waals surface area contributed by atoms with Crippen molar-refractivity contribution >= 4 is 17.3 Å². The van der Waals surface area contributed by atoms with Crippen molar-refractivity contribution in [2.24, 2.45) is 0 Å². The number of hydrogen-bond acceptors (Lipinski definition) is 3. The Bertz CT molecular complexity index is 623. The summed E-state index contributed by atoms with van der Waals surface area (Å²) in [4.78, 5) is 16.0. The topological polar surface area (TPSA) is 54.0 Å². The Morgan fingerprint density at radius 2 is 2.00 bits per heavy atom. The Kier molecular flexibility index (Phi) is 3.33. The molecule has 1 amide bonds. The first kappa shape index (κ1) is 12.6. The minimum atomic E-state index is -0.465. The number of anilines is 2. The molecule has 1 heterocycles. The van der Waals surface area contributed by atoms with Crippen LogP contribution in [0.1, 0.15) is 23.3 Å². The van der Waals surface area contributed by atoms with E-state index in [0.717, 1.165) is 5.69 Å². The Hall–Kier alpha value is -2.43. The van der Waals surface area contributed by atoms with Gasteiger partial charge in [-0.05, 0) is 37.1 Å². The number of pyridine rings is 1. The van der Waals surface area contributed by atoms with Crippen molar-refractivity contribution in [1.82, 2.24) is 4.98 Å². The maximum absolute atomic E-state index is 13.4. The number of rotatable bonds is 4. The first-order valence-electron chi connectivity index (χ1n) is 6.51. The van der Waals surface area contributed by atoms with E-state index in [4.69, 9.17) is 0 Å². The maximum atomic E-state index is 13.4. The van der Waals surface area contributed by atoms with Gasteiger partial charge in [0.1, 0.15) is 11.5 Å². The average Bonchev–Trinajstić information content (AvgIpc) is 3.26. The van der Waals surface area contributed by atoms with Gasteiger partial charge in [-0.15, -0.1) is 0 Å². The first-order chi connectivity index (χ1) is 9.72. The normalized spacial score (nSPS) is 13.8. The molecule has 5 heteroatoms. The lowest BCUT2D eigenvalue weighted by Crippen LogP contribution is -2.14. The van der Waals surface area contributed by atoms with Crippen molar-refractivity contribution in [3.8, 4) is 0 Å². The SMILES string of the molecule is O=C(Nc1ccccc1F)c1ccc(NC2CC2)cn1. The summed E-state index contributed by atoms with van der Waals surface area (Å²) in [5.74, 6) is -0.888. The van der Waals surface area contributed by atoms with E-state index in [-0.39, 0.29) is 11.4 Å². The predicted octanol–water partition coefficient (Wildman–Crippen LogP) is 3.05. The fraction of sp³-hybridized carbons (Fsp3) is 0.200. The predicted molar refractivity (Wildman–Crippen MR) is 75.2 cm³/mol. The van der Waals surface area contributed by atoms with Crippen LogP contribution in [0.25, 0.3) is 0 Å². The Morgan fingerprint density at radius 3 is 2.65 bits per heavy atom. The van der Waals surface area contributed by atoms with Gasteiger partial charge in [-0.3, -0.25) is 4.79 Å². The number of nitrogens with zero attached hydrogens (tertiary/aromatic N) is 1. The number of halogens is 1. The fourth-order valence-electron chi connectivity index (χ4n) is 1.83. The first-order valence-corrected chi connectivity index (χ1v) is 6.51. The molecule has 1 saturated carbocycles. The third-order valence-corrected chi connectivity index (χ3v) is 3.07. The molecule has 0 spiro atoms. The van der Waals surface area contributed by atoms with Gasteiger partial charge in [0.25, 0.3) is 5.91 Å². The van der Waals surface area contributed by atoms with Gasteiger partial charge in [-0.25, -0.2) is 9.37 Å². The average molecular weight is 271 g/mol. The van der Waals surface area contributed by atoms with E-state index in [1.165, 1.54) is 25.0 Å². The van der Waals surface area contributed by atoms with Gasteiger partial charge in [0.15, 0.2) is 0 Å². The van der Waals surface area contributed by atoms with Crippen molar-refractivity contribution in [1.29, 1.82) is 0 Å². The minimum Gasteiger partial charge on any atom is -0.381 e. The van der Waals surface area contributed by atoms with Crippen LogP contribution in [-0.2, 0) is 0 Å². The molecule has 0 atom stereocenters. The molecule has 20 heavy (non-hydrogen) atoms. The number of aromatic nitrogens is 1. The number of carbonyl (C=O) groups is 1. The lowest BCUT2D eigenvalue weighted by atomic mass is 10.2. The standard InChI is InChI=1S/C15H14FN3O/c16-12-3-1-2-4-13(12)19-15(20)14-8-7-11(9-17-14)18-10-5-6-10/h1-4,7-10,18H,5-6H2,(H,19,20). The summed E-state index contributed by atoms with van der Waals surface area (Å²) in [7, 11) is 0. The largest absolute Gasteiger partial charge is 0.381 e. The lowest BCUT2D eigenvalue weighted by molar-refractivity contribution is 0.102. The van der Waals surface area contributed by atoms with E-state index in [9.17, 15) is 9.18 Å². The van der Waals surface area contributed by atoms with Crippen LogP contribution in [0.3, 0.4) is 0 Å². The van der Waals surface area contributed by atoms with E-state index in [1.807, 2.05) is 6.07 Å². The molecule has 4 nitrogen and oxygen atoms in total. The van der Waals surface area contributed by atoms with Gasteiger partial charge < -0.3 is 10.6 Å². The molecule has 102 valence electrons. The highest BCUT2D eigenvalue weighted by atomic mass is 19.1. The zero-order valence-electron chi connectivity index (χ0n) is 10.8. The van der Waals surface area contributed by atoms with Gasteiger partial charge in [-0.1, -0.05) is 12.1 Å². The van der Waals surface area contributed by atoms with Crippen molar-refractivity contribution < 1.29 is 9.18 Å². The third-order valence-electron chi connectivity index (χ3n) is 3.07. The molecule has 1 aromatic heterocycles. The molecular weight excluding hydrogens is 257 g/mol. The molecule has 0 bridgehead atoms. The van der Waals surface area contributed by atoms with Crippen molar-refractivity contribution in [2.45, 2.75) is 18.9 Å². The molecule has 0 unspecified atom stereocenters. The quantitative estimate of drug-likeness (QED) is 0.898. The smallest absolute Gasteiger partial charge is 0.274 e. The van der Waals surface area contributed by atoms with Crippen LogP contribution in [0, 0.1) is 5.82 Å². The molecule has 0 saturated heterocycles. The molecule has 1 fully saturated rings. The molecule has 0 radical (unpaired) electrons. The summed E-state index contributed by atoms with van der Waals surface area (Å²) in [5, 5.41) is 5.79. The van der Waals surface area contributed by atoms with Crippen molar-refractivity contribution in [2.75, 3.05) is 10.6 Å². The summed E-state index contributed by atoms with van der Waals surface area (Å²) in [5.41, 5.74) is 1.31. The highest BCUT2D eigenvalue weighted by Gasteiger charge is 2.20. The van der Waals surface area contributed by atoms with E-state index >= 15 is 0 Å². The second kappa shape index (κ2) is 5.28. The Balaban J connectivity index is 1.68. The van der Waals surface area contributed by atoms with Crippen LogP contribution >= 0.6 is 0 Å². The van der Waals surface area contributed by atoms with Gasteiger partial charge in [-0.2, -0.15) is 0 Å². The van der Waals surface area contributed by atoms with Gasteiger partial charge in [0.2, 0.25) is 0 Å². The molecule has 2 aromatic rings. The number of hydrogen-bond donors (Lipinski definition) is 2. The highest BCUT2D eigenvalue weighted by Crippen LogP contribution is 2.24. The molecule has 1 aliphatic rings. The summed E-state index contributed by atoms with van der Waals surface area (Å²) >= 11 is 0. The minimum absolute atomic E-state index is 0.152. The highest BCUT2D eigenvalue weighted by molar-refractivity contribution is 6.03. The number of para-hydroxylation sites is 1. The van der Waals surface area contributed by atoms with Crippen LogP contribution in [0.15, 0.2) is 42.6 Å². The molecule has 2 N–H and O–H groups in total. The van der Waals surface area contributed by atoms with Crippen LogP contribution in [0.5, 0.6) is 0 Å². The van der Waals surface area contributed by atoms with Gasteiger partial charge in [0, 0.05) is 6.04 Å². The third kappa shape index (κ3) is 2.93. The molecular formula is C15H14FN3O. The molecule has 1 aromatic carbocycles. The van der Waals surface area contributed by atoms with Crippen molar-refractivity contribution in [3.05, 3.63) is 54.1 Å². The molecule has 1 aliphatic carbocycles. The number of amides is 1. The second-order valence-electron chi connectivity index (χ2n) is 4.78. The second-order valence-corrected chi connectivity index (χ2v) is 4.78. The zero-order valence-corrected chi connectivity index (χ0v) is 10.8. The lowest BCUT2D eigenvalue weighted by Gasteiger charge is -2.07.